The van der Waals surface area contributed by atoms with Crippen LogP contribution in [0.5, 0.6) is 0 Å². The van der Waals surface area contributed by atoms with Crippen molar-refractivity contribution in [1.29, 1.82) is 0 Å². The summed E-state index contributed by atoms with van der Waals surface area (Å²) in [5.74, 6) is -1.37. The molecule has 4 rings (SSSR count). The van der Waals surface area contributed by atoms with Crippen molar-refractivity contribution in [2.75, 3.05) is 10.6 Å². The van der Waals surface area contributed by atoms with Crippen LogP contribution in [0.1, 0.15) is 21.1 Å². The Morgan fingerprint density at radius 3 is 2.32 bits per heavy atom. The van der Waals surface area contributed by atoms with Gasteiger partial charge in [0.25, 0.3) is 11.8 Å². The highest BCUT2D eigenvalue weighted by Crippen LogP contribution is 2.17. The van der Waals surface area contributed by atoms with Gasteiger partial charge in [-0.25, -0.2) is 9.37 Å². The first-order chi connectivity index (χ1) is 13.6. The topological polar surface area (TPSA) is 75.5 Å². The Morgan fingerprint density at radius 1 is 0.821 bits per heavy atom. The van der Waals surface area contributed by atoms with Crippen molar-refractivity contribution in [3.63, 3.8) is 0 Å². The average molecular weight is 374 g/mol. The molecule has 0 fully saturated rings. The highest BCUT2D eigenvalue weighted by molar-refractivity contribution is 6.10. The molecule has 0 aliphatic rings. The number of aromatic nitrogens is 2. The van der Waals surface area contributed by atoms with E-state index in [0.29, 0.717) is 16.9 Å². The van der Waals surface area contributed by atoms with E-state index in [0.717, 1.165) is 0 Å². The third kappa shape index (κ3) is 3.45. The molecule has 0 aliphatic carbocycles. The van der Waals surface area contributed by atoms with E-state index in [9.17, 15) is 14.0 Å². The zero-order valence-corrected chi connectivity index (χ0v) is 14.6. The molecule has 2 heterocycles. The van der Waals surface area contributed by atoms with Crippen molar-refractivity contribution in [3.05, 3.63) is 96.3 Å². The van der Waals surface area contributed by atoms with Crippen LogP contribution >= 0.6 is 0 Å². The molecule has 138 valence electrons. The van der Waals surface area contributed by atoms with E-state index in [1.807, 2.05) is 6.07 Å². The summed E-state index contributed by atoms with van der Waals surface area (Å²) in [6.07, 6.45) is 1.65. The fraction of sp³-hybridized carbons (Fsp3) is 0. The first kappa shape index (κ1) is 17.4. The monoisotopic (exact) mass is 374 g/mol. The van der Waals surface area contributed by atoms with Gasteiger partial charge >= 0.3 is 0 Å². The molecule has 28 heavy (non-hydrogen) atoms. The van der Waals surface area contributed by atoms with Gasteiger partial charge in [0.2, 0.25) is 5.82 Å². The van der Waals surface area contributed by atoms with Crippen molar-refractivity contribution < 1.29 is 14.0 Å². The summed E-state index contributed by atoms with van der Waals surface area (Å²) < 4.78 is 14.9. The molecule has 0 saturated heterocycles. The zero-order valence-electron chi connectivity index (χ0n) is 14.6. The minimum atomic E-state index is -0.534. The van der Waals surface area contributed by atoms with Crippen LogP contribution in [0.4, 0.5) is 15.8 Å². The first-order valence-corrected chi connectivity index (χ1v) is 8.52. The van der Waals surface area contributed by atoms with Crippen LogP contribution in [0, 0.1) is 5.82 Å². The number of carbonyl (C=O) groups is 2. The molecule has 2 aromatic heterocycles. The number of carbonyl (C=O) groups excluding carboxylic acids is 2. The van der Waals surface area contributed by atoms with Gasteiger partial charge in [-0.1, -0.05) is 30.3 Å². The fourth-order valence-corrected chi connectivity index (χ4v) is 2.83. The molecule has 0 spiro atoms. The second kappa shape index (κ2) is 7.32. The number of imidazole rings is 1. The Hall–Kier alpha value is -4.00. The molecule has 0 saturated carbocycles. The van der Waals surface area contributed by atoms with Crippen LogP contribution in [0.25, 0.3) is 5.52 Å². The van der Waals surface area contributed by atoms with Crippen molar-refractivity contribution in [1.82, 2.24) is 9.38 Å². The van der Waals surface area contributed by atoms with E-state index in [1.165, 1.54) is 18.2 Å². The average Bonchev–Trinajstić information content (AvgIpc) is 3.09. The number of hydrogen-bond donors (Lipinski definition) is 2. The van der Waals surface area contributed by atoms with Crippen LogP contribution in [-0.4, -0.2) is 21.2 Å². The van der Waals surface area contributed by atoms with E-state index >= 15 is 0 Å². The van der Waals surface area contributed by atoms with Gasteiger partial charge in [-0.05, 0) is 42.5 Å². The van der Waals surface area contributed by atoms with Gasteiger partial charge in [-0.15, -0.1) is 0 Å². The minimum Gasteiger partial charge on any atom is -0.320 e. The lowest BCUT2D eigenvalue weighted by Crippen LogP contribution is -2.16. The number of anilines is 2. The number of nitrogens with one attached hydrogen (secondary N) is 2. The minimum absolute atomic E-state index is 0.0723. The first-order valence-electron chi connectivity index (χ1n) is 8.52. The van der Waals surface area contributed by atoms with Gasteiger partial charge in [-0.3, -0.25) is 14.0 Å². The zero-order chi connectivity index (χ0) is 19.5. The molecule has 6 nitrogen and oxygen atoms in total. The number of pyridine rings is 1. The maximum Gasteiger partial charge on any atom is 0.292 e. The van der Waals surface area contributed by atoms with Gasteiger partial charge in [0, 0.05) is 17.6 Å². The van der Waals surface area contributed by atoms with E-state index in [1.54, 1.807) is 59.1 Å². The number of benzene rings is 2. The van der Waals surface area contributed by atoms with Crippen molar-refractivity contribution in [2.45, 2.75) is 0 Å². The highest BCUT2D eigenvalue weighted by atomic mass is 19.1. The Balaban J connectivity index is 1.68. The van der Waals surface area contributed by atoms with Crippen LogP contribution in [0.3, 0.4) is 0 Å². The number of para-hydroxylation sites is 1. The summed E-state index contributed by atoms with van der Waals surface area (Å²) in [5.41, 5.74) is 1.46. The van der Waals surface area contributed by atoms with Crippen molar-refractivity contribution in [3.8, 4) is 0 Å². The van der Waals surface area contributed by atoms with Gasteiger partial charge in [0.1, 0.15) is 5.82 Å². The lowest BCUT2D eigenvalue weighted by atomic mass is 10.2. The fourth-order valence-electron chi connectivity index (χ4n) is 2.83. The summed E-state index contributed by atoms with van der Waals surface area (Å²) in [4.78, 5) is 29.6. The smallest absolute Gasteiger partial charge is 0.292 e. The standard InChI is InChI=1S/C21H15FN4O2/c22-14-7-6-10-16(13-14)24-20(27)18-17-11-4-5-12-26(17)19(25-18)21(28)23-15-8-2-1-3-9-15/h1-13H,(H,23,28)(H,24,27). The van der Waals surface area contributed by atoms with Gasteiger partial charge in [0.05, 0.1) is 5.52 Å². The number of halogens is 1. The predicted octanol–water partition coefficient (Wildman–Crippen LogP) is 3.98. The number of fused-ring (bicyclic) bond motifs is 1. The third-order valence-electron chi connectivity index (χ3n) is 4.08. The summed E-state index contributed by atoms with van der Waals surface area (Å²) in [7, 11) is 0. The molecule has 2 amide bonds. The molecule has 4 aromatic rings. The lowest BCUT2D eigenvalue weighted by molar-refractivity contribution is 0.101. The van der Waals surface area contributed by atoms with Crippen LogP contribution in [-0.2, 0) is 0 Å². The van der Waals surface area contributed by atoms with Crippen LogP contribution in [0.2, 0.25) is 0 Å². The molecular formula is C21H15FN4O2. The van der Waals surface area contributed by atoms with Crippen molar-refractivity contribution >= 4 is 28.7 Å². The Kier molecular flexibility index (Phi) is 4.55. The molecule has 0 unspecified atom stereocenters. The third-order valence-corrected chi connectivity index (χ3v) is 4.08. The number of amides is 2. The largest absolute Gasteiger partial charge is 0.320 e. The summed E-state index contributed by atoms with van der Waals surface area (Å²) in [6, 6.07) is 19.7. The lowest BCUT2D eigenvalue weighted by Gasteiger charge is -2.03. The molecule has 2 aromatic carbocycles. The Labute approximate surface area is 159 Å². The van der Waals surface area contributed by atoms with Gasteiger partial charge < -0.3 is 10.6 Å². The molecule has 0 radical (unpaired) electrons. The van der Waals surface area contributed by atoms with E-state index in [2.05, 4.69) is 15.6 Å². The second-order valence-corrected chi connectivity index (χ2v) is 6.02. The number of nitrogens with zero attached hydrogens (tertiary/aromatic N) is 2. The van der Waals surface area contributed by atoms with Crippen LogP contribution < -0.4 is 10.6 Å². The van der Waals surface area contributed by atoms with Crippen molar-refractivity contribution in [2.24, 2.45) is 0 Å². The normalized spacial score (nSPS) is 10.6. The highest BCUT2D eigenvalue weighted by Gasteiger charge is 2.21. The predicted molar refractivity (Wildman–Crippen MR) is 104 cm³/mol. The second-order valence-electron chi connectivity index (χ2n) is 6.02. The maximum atomic E-state index is 13.4. The van der Waals surface area contributed by atoms with Gasteiger partial charge in [0.15, 0.2) is 5.69 Å². The maximum absolute atomic E-state index is 13.4. The van der Waals surface area contributed by atoms with E-state index < -0.39 is 17.6 Å². The number of hydrogen-bond acceptors (Lipinski definition) is 3. The van der Waals surface area contributed by atoms with E-state index in [-0.39, 0.29) is 11.5 Å². The van der Waals surface area contributed by atoms with E-state index in [4.69, 9.17) is 0 Å². The summed E-state index contributed by atoms with van der Waals surface area (Å²) in [5, 5.41) is 5.36. The SMILES string of the molecule is O=C(Nc1cccc(F)c1)c1nc(C(=O)Nc2ccccc2)n2ccccc12. The molecule has 7 heteroatoms. The molecule has 0 atom stereocenters. The summed E-state index contributed by atoms with van der Waals surface area (Å²) >= 11 is 0. The molecule has 0 aliphatic heterocycles. The van der Waals surface area contributed by atoms with Crippen LogP contribution in [0.15, 0.2) is 79.0 Å². The Bertz CT molecular complexity index is 1170. The molecular weight excluding hydrogens is 359 g/mol. The quantitative estimate of drug-likeness (QED) is 0.567. The Morgan fingerprint density at radius 2 is 1.54 bits per heavy atom. The molecule has 0 bridgehead atoms. The molecule has 2 N–H and O–H groups in total. The summed E-state index contributed by atoms with van der Waals surface area (Å²) in [6.45, 7) is 0. The van der Waals surface area contributed by atoms with Gasteiger partial charge in [-0.2, -0.15) is 0 Å². The number of rotatable bonds is 4.